The molecule has 0 spiro atoms. The Hall–Kier alpha value is -1.77. The number of halogens is 2. The summed E-state index contributed by atoms with van der Waals surface area (Å²) in [6.45, 7) is 6.52. The summed E-state index contributed by atoms with van der Waals surface area (Å²) >= 11 is 12.7. The SMILES string of the molecule is CC1=CC(C)(C)N(C)c2cc(Cl)c(C=Nc3ccccc3Cl)cc21. The van der Waals surface area contributed by atoms with Crippen LogP contribution in [0.25, 0.3) is 5.57 Å². The molecule has 0 unspecified atom stereocenters. The molecule has 0 aromatic heterocycles. The molecular formula is C20H20Cl2N2. The standard InChI is InChI=1S/C20H20Cl2N2/c1-13-11-20(2,3)24(4)19-10-17(22)14(9-15(13)19)12-23-18-8-6-5-7-16(18)21/h5-12H,1-4H3. The normalized spacial score (nSPS) is 16.2. The van der Waals surface area contributed by atoms with Crippen LogP contribution in [0.4, 0.5) is 11.4 Å². The predicted molar refractivity (Wildman–Crippen MR) is 106 cm³/mol. The number of aliphatic imine (C=N–C) groups is 1. The lowest BCUT2D eigenvalue weighted by Crippen LogP contribution is -2.42. The number of fused-ring (bicyclic) bond motifs is 1. The van der Waals surface area contributed by atoms with E-state index in [1.165, 1.54) is 11.1 Å². The molecule has 0 N–H and O–H groups in total. The van der Waals surface area contributed by atoms with Crippen LogP contribution in [-0.2, 0) is 0 Å². The summed E-state index contributed by atoms with van der Waals surface area (Å²) in [5.41, 5.74) is 5.15. The van der Waals surface area contributed by atoms with Crippen LogP contribution in [0.15, 0.2) is 47.5 Å². The summed E-state index contributed by atoms with van der Waals surface area (Å²) in [5.74, 6) is 0. The van der Waals surface area contributed by atoms with Gasteiger partial charge in [0, 0.05) is 30.1 Å². The lowest BCUT2D eigenvalue weighted by atomic mass is 9.88. The first-order valence-corrected chi connectivity index (χ1v) is 8.61. The van der Waals surface area contributed by atoms with E-state index in [9.17, 15) is 0 Å². The molecule has 0 saturated heterocycles. The van der Waals surface area contributed by atoms with E-state index in [1.54, 1.807) is 6.21 Å². The average Bonchev–Trinajstić information content (AvgIpc) is 2.52. The largest absolute Gasteiger partial charge is 0.365 e. The van der Waals surface area contributed by atoms with Gasteiger partial charge in [-0.3, -0.25) is 4.99 Å². The van der Waals surface area contributed by atoms with E-state index in [2.05, 4.69) is 49.9 Å². The maximum Gasteiger partial charge on any atom is 0.0816 e. The fraction of sp³-hybridized carbons (Fsp3) is 0.250. The van der Waals surface area contributed by atoms with Crippen molar-refractivity contribution < 1.29 is 0 Å². The van der Waals surface area contributed by atoms with Gasteiger partial charge < -0.3 is 4.90 Å². The molecule has 1 aliphatic rings. The molecule has 2 nitrogen and oxygen atoms in total. The minimum atomic E-state index is -0.0341. The van der Waals surface area contributed by atoms with Crippen LogP contribution in [-0.4, -0.2) is 18.8 Å². The molecule has 0 amide bonds. The number of benzene rings is 2. The van der Waals surface area contributed by atoms with E-state index < -0.39 is 0 Å². The van der Waals surface area contributed by atoms with E-state index in [-0.39, 0.29) is 5.54 Å². The van der Waals surface area contributed by atoms with E-state index >= 15 is 0 Å². The molecule has 0 saturated carbocycles. The zero-order chi connectivity index (χ0) is 17.5. The Morgan fingerprint density at radius 3 is 2.50 bits per heavy atom. The number of nitrogens with zero attached hydrogens (tertiary/aromatic N) is 2. The van der Waals surface area contributed by atoms with Gasteiger partial charge >= 0.3 is 0 Å². The monoisotopic (exact) mass is 358 g/mol. The lowest BCUT2D eigenvalue weighted by Gasteiger charge is -2.40. The molecule has 0 aliphatic carbocycles. The number of hydrogen-bond acceptors (Lipinski definition) is 2. The van der Waals surface area contributed by atoms with Gasteiger partial charge in [-0.15, -0.1) is 0 Å². The fourth-order valence-corrected chi connectivity index (χ4v) is 3.37. The second-order valence-corrected chi connectivity index (χ2v) is 7.45. The average molecular weight is 359 g/mol. The molecule has 2 aromatic carbocycles. The molecule has 24 heavy (non-hydrogen) atoms. The summed E-state index contributed by atoms with van der Waals surface area (Å²) in [4.78, 5) is 6.73. The van der Waals surface area contributed by atoms with Gasteiger partial charge in [0.15, 0.2) is 0 Å². The number of rotatable bonds is 2. The molecule has 3 rings (SSSR count). The van der Waals surface area contributed by atoms with Crippen molar-refractivity contribution >= 4 is 46.4 Å². The van der Waals surface area contributed by atoms with Crippen molar-refractivity contribution in [2.45, 2.75) is 26.3 Å². The number of hydrogen-bond donors (Lipinski definition) is 0. The Morgan fingerprint density at radius 1 is 1.08 bits per heavy atom. The number of likely N-dealkylation sites (N-methyl/N-ethyl adjacent to an activating group) is 1. The summed E-state index contributed by atoms with van der Waals surface area (Å²) in [5, 5.41) is 1.31. The zero-order valence-electron chi connectivity index (χ0n) is 14.3. The number of anilines is 1. The first kappa shape index (κ1) is 17.1. The van der Waals surface area contributed by atoms with Crippen LogP contribution < -0.4 is 4.90 Å². The molecule has 0 bridgehead atoms. The van der Waals surface area contributed by atoms with Gasteiger partial charge in [-0.2, -0.15) is 0 Å². The second-order valence-electron chi connectivity index (χ2n) is 6.64. The molecule has 2 aromatic rings. The molecule has 4 heteroatoms. The second kappa shape index (κ2) is 6.27. The quantitative estimate of drug-likeness (QED) is 0.569. The van der Waals surface area contributed by atoms with Gasteiger partial charge in [-0.1, -0.05) is 41.4 Å². The van der Waals surface area contributed by atoms with Crippen molar-refractivity contribution in [1.82, 2.24) is 0 Å². The summed E-state index contributed by atoms with van der Waals surface area (Å²) < 4.78 is 0. The van der Waals surface area contributed by atoms with E-state index in [0.29, 0.717) is 10.0 Å². The first-order valence-electron chi connectivity index (χ1n) is 7.85. The van der Waals surface area contributed by atoms with Crippen LogP contribution in [0.3, 0.4) is 0 Å². The van der Waals surface area contributed by atoms with Gasteiger partial charge in [0.2, 0.25) is 0 Å². The maximum atomic E-state index is 6.50. The van der Waals surface area contributed by atoms with Gasteiger partial charge in [0.1, 0.15) is 0 Å². The highest BCUT2D eigenvalue weighted by Gasteiger charge is 2.29. The minimum Gasteiger partial charge on any atom is -0.365 e. The lowest BCUT2D eigenvalue weighted by molar-refractivity contribution is 0.598. The van der Waals surface area contributed by atoms with Crippen molar-refractivity contribution in [2.24, 2.45) is 4.99 Å². The smallest absolute Gasteiger partial charge is 0.0816 e. The predicted octanol–water partition coefficient (Wildman–Crippen LogP) is 6.38. The molecule has 124 valence electrons. The van der Waals surface area contributed by atoms with E-state index in [0.717, 1.165) is 16.9 Å². The molecular weight excluding hydrogens is 339 g/mol. The highest BCUT2D eigenvalue weighted by molar-refractivity contribution is 6.34. The van der Waals surface area contributed by atoms with Crippen molar-refractivity contribution in [3.05, 3.63) is 63.6 Å². The van der Waals surface area contributed by atoms with Crippen molar-refractivity contribution in [1.29, 1.82) is 0 Å². The van der Waals surface area contributed by atoms with Crippen molar-refractivity contribution in [2.75, 3.05) is 11.9 Å². The van der Waals surface area contributed by atoms with Gasteiger partial charge in [-0.25, -0.2) is 0 Å². The van der Waals surface area contributed by atoms with Crippen molar-refractivity contribution in [3.8, 4) is 0 Å². The third-order valence-corrected chi connectivity index (χ3v) is 5.18. The summed E-state index contributed by atoms with van der Waals surface area (Å²) in [6, 6.07) is 11.6. The van der Waals surface area contributed by atoms with Crippen LogP contribution in [0.1, 0.15) is 31.9 Å². The Labute approximate surface area is 153 Å². The van der Waals surface area contributed by atoms with Crippen LogP contribution >= 0.6 is 23.2 Å². The van der Waals surface area contributed by atoms with Crippen LogP contribution in [0, 0.1) is 0 Å². The zero-order valence-corrected chi connectivity index (χ0v) is 15.8. The molecule has 0 fully saturated rings. The van der Waals surface area contributed by atoms with Crippen LogP contribution in [0.2, 0.25) is 10.0 Å². The maximum absolute atomic E-state index is 6.50. The van der Waals surface area contributed by atoms with Crippen LogP contribution in [0.5, 0.6) is 0 Å². The third kappa shape index (κ3) is 3.09. The highest BCUT2D eigenvalue weighted by Crippen LogP contribution is 2.40. The Bertz CT molecular complexity index is 851. The van der Waals surface area contributed by atoms with E-state index in [1.807, 2.05) is 30.3 Å². The summed E-state index contributed by atoms with van der Waals surface area (Å²) in [6.07, 6.45) is 4.05. The number of para-hydroxylation sites is 1. The van der Waals surface area contributed by atoms with Gasteiger partial charge in [0.25, 0.3) is 0 Å². The molecule has 0 atom stereocenters. The number of allylic oxidation sites excluding steroid dienone is 1. The molecule has 1 heterocycles. The van der Waals surface area contributed by atoms with Gasteiger partial charge in [0.05, 0.1) is 21.3 Å². The molecule has 0 radical (unpaired) electrons. The van der Waals surface area contributed by atoms with E-state index in [4.69, 9.17) is 23.2 Å². The minimum absolute atomic E-state index is 0.0341. The first-order chi connectivity index (χ1) is 11.3. The topological polar surface area (TPSA) is 15.6 Å². The fourth-order valence-electron chi connectivity index (χ4n) is 2.98. The summed E-state index contributed by atoms with van der Waals surface area (Å²) in [7, 11) is 2.09. The highest BCUT2D eigenvalue weighted by atomic mass is 35.5. The van der Waals surface area contributed by atoms with Crippen molar-refractivity contribution in [3.63, 3.8) is 0 Å². The third-order valence-electron chi connectivity index (χ3n) is 4.53. The molecule has 1 aliphatic heterocycles. The Morgan fingerprint density at radius 2 is 1.79 bits per heavy atom. The van der Waals surface area contributed by atoms with Gasteiger partial charge in [-0.05, 0) is 50.6 Å². The Balaban J connectivity index is 2.04. The Kier molecular flexibility index (Phi) is 4.46.